The Morgan fingerprint density at radius 3 is 2.00 bits per heavy atom. The Balaban J connectivity index is 2.73. The quantitative estimate of drug-likeness (QED) is 0.877. The Kier molecular flexibility index (Phi) is 3.76. The van der Waals surface area contributed by atoms with Gasteiger partial charge in [0.15, 0.2) is 0 Å². The van der Waals surface area contributed by atoms with E-state index in [0.717, 1.165) is 5.56 Å². The summed E-state index contributed by atoms with van der Waals surface area (Å²) in [4.78, 5) is 0. The van der Waals surface area contributed by atoms with E-state index < -0.39 is 10.0 Å². The van der Waals surface area contributed by atoms with Crippen LogP contribution in [0, 0.1) is 0 Å². The van der Waals surface area contributed by atoms with Crippen molar-refractivity contribution in [3.63, 3.8) is 0 Å². The number of hydrogen-bond acceptors (Lipinski definition) is 2. The van der Waals surface area contributed by atoms with E-state index in [1.165, 1.54) is 5.56 Å². The van der Waals surface area contributed by atoms with Crippen LogP contribution in [-0.2, 0) is 21.9 Å². The molecule has 0 aliphatic heterocycles. The maximum absolute atomic E-state index is 10.8. The minimum atomic E-state index is -3.36. The van der Waals surface area contributed by atoms with E-state index in [1.807, 2.05) is 24.3 Å². The molecule has 90 valence electrons. The first-order valence-corrected chi connectivity index (χ1v) is 7.00. The molecule has 0 saturated heterocycles. The molecule has 3 nitrogen and oxygen atoms in total. The van der Waals surface area contributed by atoms with E-state index in [4.69, 9.17) is 5.14 Å². The van der Waals surface area contributed by atoms with Crippen molar-refractivity contribution in [1.82, 2.24) is 0 Å². The van der Waals surface area contributed by atoms with Crippen molar-refractivity contribution in [2.24, 2.45) is 5.14 Å². The lowest BCUT2D eigenvalue weighted by Crippen LogP contribution is -2.18. The maximum Gasteiger partial charge on any atom is 0.209 e. The van der Waals surface area contributed by atoms with Crippen molar-refractivity contribution in [1.29, 1.82) is 0 Å². The normalized spacial score (nSPS) is 12.8. The Hall–Kier alpha value is -0.870. The van der Waals surface area contributed by atoms with Gasteiger partial charge in [-0.05, 0) is 23.0 Å². The van der Waals surface area contributed by atoms with Gasteiger partial charge in [0.2, 0.25) is 10.0 Å². The highest BCUT2D eigenvalue weighted by Gasteiger charge is 2.13. The highest BCUT2D eigenvalue weighted by atomic mass is 32.2. The van der Waals surface area contributed by atoms with Crippen molar-refractivity contribution < 1.29 is 8.42 Å². The van der Waals surface area contributed by atoms with Crippen molar-refractivity contribution in [3.05, 3.63) is 35.4 Å². The molecule has 1 aromatic rings. The van der Waals surface area contributed by atoms with Gasteiger partial charge in [-0.25, -0.2) is 13.6 Å². The molecule has 0 amide bonds. The van der Waals surface area contributed by atoms with Crippen LogP contribution in [0.25, 0.3) is 0 Å². The van der Waals surface area contributed by atoms with Gasteiger partial charge in [-0.1, -0.05) is 45.0 Å². The third kappa shape index (κ3) is 4.33. The second-order valence-electron chi connectivity index (χ2n) is 5.06. The molecule has 0 heterocycles. The minimum absolute atomic E-state index is 0.00185. The molecule has 0 unspecified atom stereocenters. The number of nitrogens with two attached hydrogens (primary N) is 1. The van der Waals surface area contributed by atoms with Crippen LogP contribution >= 0.6 is 0 Å². The summed E-state index contributed by atoms with van der Waals surface area (Å²) < 4.78 is 21.6. The third-order valence-electron chi connectivity index (χ3n) is 2.50. The molecule has 0 aliphatic rings. The van der Waals surface area contributed by atoms with Gasteiger partial charge in [0.05, 0.1) is 5.75 Å². The van der Waals surface area contributed by atoms with Crippen molar-refractivity contribution in [2.75, 3.05) is 5.75 Å². The van der Waals surface area contributed by atoms with E-state index in [9.17, 15) is 8.42 Å². The molecule has 0 bridgehead atoms. The van der Waals surface area contributed by atoms with Crippen LogP contribution in [0.5, 0.6) is 0 Å². The lowest BCUT2D eigenvalue weighted by atomic mass is 9.86. The van der Waals surface area contributed by atoms with Crippen molar-refractivity contribution in [2.45, 2.75) is 32.6 Å². The lowest BCUT2D eigenvalue weighted by Gasteiger charge is -2.19. The maximum atomic E-state index is 10.8. The van der Waals surface area contributed by atoms with E-state index >= 15 is 0 Å². The number of sulfonamides is 1. The summed E-state index contributed by atoms with van der Waals surface area (Å²) in [6.07, 6.45) is 0.475. The monoisotopic (exact) mass is 241 g/mol. The van der Waals surface area contributed by atoms with Crippen LogP contribution in [-0.4, -0.2) is 14.2 Å². The number of aryl methyl sites for hydroxylation is 1. The van der Waals surface area contributed by atoms with Gasteiger partial charge in [0.1, 0.15) is 0 Å². The van der Waals surface area contributed by atoms with E-state index in [0.29, 0.717) is 6.42 Å². The molecule has 4 heteroatoms. The molecule has 0 atom stereocenters. The summed E-state index contributed by atoms with van der Waals surface area (Å²) in [7, 11) is -3.36. The van der Waals surface area contributed by atoms with Gasteiger partial charge in [0, 0.05) is 0 Å². The van der Waals surface area contributed by atoms with Gasteiger partial charge in [-0.15, -0.1) is 0 Å². The molecular weight excluding hydrogens is 222 g/mol. The lowest BCUT2D eigenvalue weighted by molar-refractivity contribution is 0.589. The second-order valence-corrected chi connectivity index (χ2v) is 6.80. The molecule has 0 aliphatic carbocycles. The average molecular weight is 241 g/mol. The molecule has 0 radical (unpaired) electrons. The van der Waals surface area contributed by atoms with Gasteiger partial charge >= 0.3 is 0 Å². The zero-order valence-electron chi connectivity index (χ0n) is 10.0. The van der Waals surface area contributed by atoms with Crippen LogP contribution in [0.15, 0.2) is 24.3 Å². The fourth-order valence-electron chi connectivity index (χ4n) is 1.43. The molecule has 0 saturated carbocycles. The zero-order chi connectivity index (χ0) is 12.4. The van der Waals surface area contributed by atoms with Gasteiger partial charge in [-0.3, -0.25) is 0 Å². The Morgan fingerprint density at radius 2 is 1.62 bits per heavy atom. The predicted octanol–water partition coefficient (Wildman–Crippen LogP) is 1.82. The largest absolute Gasteiger partial charge is 0.229 e. The van der Waals surface area contributed by atoms with E-state index in [2.05, 4.69) is 20.8 Å². The number of primary sulfonamides is 1. The zero-order valence-corrected chi connectivity index (χ0v) is 10.8. The SMILES string of the molecule is CC(C)(C)c1ccc(CCS(N)(=O)=O)cc1. The smallest absolute Gasteiger partial charge is 0.209 e. The van der Waals surface area contributed by atoms with Gasteiger partial charge in [-0.2, -0.15) is 0 Å². The third-order valence-corrected chi connectivity index (χ3v) is 3.27. The summed E-state index contributed by atoms with van der Waals surface area (Å²) in [5, 5.41) is 4.95. The van der Waals surface area contributed by atoms with E-state index in [-0.39, 0.29) is 11.2 Å². The molecular formula is C12H19NO2S. The number of rotatable bonds is 3. The molecule has 0 aromatic heterocycles. The second kappa shape index (κ2) is 4.55. The topological polar surface area (TPSA) is 60.2 Å². The summed E-state index contributed by atoms with van der Waals surface area (Å²) in [6, 6.07) is 8.01. The van der Waals surface area contributed by atoms with Crippen molar-refractivity contribution in [3.8, 4) is 0 Å². The highest BCUT2D eigenvalue weighted by Crippen LogP contribution is 2.22. The summed E-state index contributed by atoms with van der Waals surface area (Å²) in [5.74, 6) is 0.00185. The van der Waals surface area contributed by atoms with Crippen LogP contribution in [0.2, 0.25) is 0 Å². The van der Waals surface area contributed by atoms with E-state index in [1.54, 1.807) is 0 Å². The molecule has 1 aromatic carbocycles. The Labute approximate surface area is 97.7 Å². The standard InChI is InChI=1S/C12H19NO2S/c1-12(2,3)11-6-4-10(5-7-11)8-9-16(13,14)15/h4-7H,8-9H2,1-3H3,(H2,13,14,15). The van der Waals surface area contributed by atoms with Gasteiger partial charge in [0.25, 0.3) is 0 Å². The molecule has 0 spiro atoms. The molecule has 0 fully saturated rings. The average Bonchev–Trinajstić information content (AvgIpc) is 2.13. The van der Waals surface area contributed by atoms with Crippen LogP contribution in [0.1, 0.15) is 31.9 Å². The van der Waals surface area contributed by atoms with Crippen LogP contribution < -0.4 is 5.14 Å². The number of hydrogen-bond donors (Lipinski definition) is 1. The first-order chi connectivity index (χ1) is 7.18. The molecule has 16 heavy (non-hydrogen) atoms. The first kappa shape index (κ1) is 13.2. The first-order valence-electron chi connectivity index (χ1n) is 5.28. The fourth-order valence-corrected chi connectivity index (χ4v) is 1.95. The summed E-state index contributed by atoms with van der Waals surface area (Å²) in [6.45, 7) is 6.44. The fraction of sp³-hybridized carbons (Fsp3) is 0.500. The Bertz CT molecular complexity index is 441. The minimum Gasteiger partial charge on any atom is -0.229 e. The molecule has 1 rings (SSSR count). The summed E-state index contributed by atoms with van der Waals surface area (Å²) in [5.41, 5.74) is 2.37. The van der Waals surface area contributed by atoms with Gasteiger partial charge < -0.3 is 0 Å². The predicted molar refractivity (Wildman–Crippen MR) is 66.8 cm³/mol. The Morgan fingerprint density at radius 1 is 1.12 bits per heavy atom. The van der Waals surface area contributed by atoms with Crippen LogP contribution in [0.3, 0.4) is 0 Å². The highest BCUT2D eigenvalue weighted by molar-refractivity contribution is 7.89. The molecule has 2 N–H and O–H groups in total. The van der Waals surface area contributed by atoms with Crippen molar-refractivity contribution >= 4 is 10.0 Å². The number of benzene rings is 1. The van der Waals surface area contributed by atoms with Crippen LogP contribution in [0.4, 0.5) is 0 Å². The summed E-state index contributed by atoms with van der Waals surface area (Å²) >= 11 is 0.